The van der Waals surface area contributed by atoms with E-state index < -0.39 is 5.91 Å². The fourth-order valence-corrected chi connectivity index (χ4v) is 2.98. The molecule has 6 heteroatoms. The number of carbonyl (C=O) groups is 2. The second kappa shape index (κ2) is 6.26. The quantitative estimate of drug-likeness (QED) is 0.821. The van der Waals surface area contributed by atoms with Crippen molar-refractivity contribution in [1.29, 1.82) is 0 Å². The topological polar surface area (TPSA) is 89.4 Å². The van der Waals surface area contributed by atoms with Gasteiger partial charge in [-0.25, -0.2) is 0 Å². The van der Waals surface area contributed by atoms with E-state index >= 15 is 0 Å². The summed E-state index contributed by atoms with van der Waals surface area (Å²) < 4.78 is 0.778. The Balaban J connectivity index is 2.29. The molecule has 1 aliphatic rings. The average molecular weight is 340 g/mol. The van der Waals surface area contributed by atoms with Gasteiger partial charge in [-0.15, -0.1) is 0 Å². The maximum atomic E-state index is 12.7. The van der Waals surface area contributed by atoms with Crippen LogP contribution >= 0.6 is 15.9 Å². The average Bonchev–Trinajstić information content (AvgIpc) is 2.91. The number of hydrogen-bond acceptors (Lipinski definition) is 3. The molecule has 108 valence electrons. The number of anilines is 1. The third-order valence-corrected chi connectivity index (χ3v) is 4.09. The molecule has 2 rings (SSSR count). The Bertz CT molecular complexity index is 527. The molecular weight excluding hydrogens is 322 g/mol. The Morgan fingerprint density at radius 2 is 1.95 bits per heavy atom. The zero-order chi connectivity index (χ0) is 14.7. The van der Waals surface area contributed by atoms with Crippen LogP contribution < -0.4 is 11.5 Å². The van der Waals surface area contributed by atoms with E-state index in [1.54, 1.807) is 23.1 Å². The highest BCUT2D eigenvalue weighted by molar-refractivity contribution is 9.10. The summed E-state index contributed by atoms with van der Waals surface area (Å²) in [6.45, 7) is -0.0601. The molecule has 0 aliphatic heterocycles. The molecular formula is C14H18BrN3O2. The molecule has 1 aromatic carbocycles. The first kappa shape index (κ1) is 14.8. The third kappa shape index (κ3) is 3.30. The Hall–Kier alpha value is -1.56. The van der Waals surface area contributed by atoms with E-state index in [4.69, 9.17) is 11.5 Å². The van der Waals surface area contributed by atoms with Crippen LogP contribution in [0.2, 0.25) is 0 Å². The van der Waals surface area contributed by atoms with Crippen LogP contribution in [-0.2, 0) is 4.79 Å². The highest BCUT2D eigenvalue weighted by Crippen LogP contribution is 2.27. The zero-order valence-corrected chi connectivity index (χ0v) is 12.7. The molecule has 1 aliphatic carbocycles. The second-order valence-electron chi connectivity index (χ2n) is 5.07. The van der Waals surface area contributed by atoms with E-state index in [0.29, 0.717) is 11.3 Å². The number of halogens is 1. The lowest BCUT2D eigenvalue weighted by Crippen LogP contribution is -2.44. The number of benzene rings is 1. The Kier molecular flexibility index (Phi) is 4.65. The van der Waals surface area contributed by atoms with Crippen molar-refractivity contribution in [1.82, 2.24) is 4.90 Å². The minimum atomic E-state index is -0.501. The molecule has 0 unspecified atom stereocenters. The summed E-state index contributed by atoms with van der Waals surface area (Å²) in [6, 6.07) is 5.21. The summed E-state index contributed by atoms with van der Waals surface area (Å²) in [5, 5.41) is 0. The summed E-state index contributed by atoms with van der Waals surface area (Å²) in [6.07, 6.45) is 3.96. The van der Waals surface area contributed by atoms with Gasteiger partial charge in [0, 0.05) is 16.2 Å². The number of primary amides is 1. The number of nitrogens with two attached hydrogens (primary N) is 2. The van der Waals surface area contributed by atoms with Gasteiger partial charge in [0.15, 0.2) is 0 Å². The van der Waals surface area contributed by atoms with Gasteiger partial charge >= 0.3 is 0 Å². The molecule has 0 radical (unpaired) electrons. The first-order valence-electron chi connectivity index (χ1n) is 6.63. The van der Waals surface area contributed by atoms with Crippen molar-refractivity contribution < 1.29 is 9.59 Å². The third-order valence-electron chi connectivity index (χ3n) is 3.60. The van der Waals surface area contributed by atoms with Gasteiger partial charge in [-0.05, 0) is 31.0 Å². The number of hydrogen-bond donors (Lipinski definition) is 2. The summed E-state index contributed by atoms with van der Waals surface area (Å²) in [4.78, 5) is 25.5. The van der Waals surface area contributed by atoms with Crippen molar-refractivity contribution >= 4 is 33.4 Å². The van der Waals surface area contributed by atoms with Crippen molar-refractivity contribution in [2.24, 2.45) is 5.73 Å². The zero-order valence-electron chi connectivity index (χ0n) is 11.1. The predicted octanol–water partition coefficient (Wildman–Crippen LogP) is 1.90. The smallest absolute Gasteiger partial charge is 0.256 e. The van der Waals surface area contributed by atoms with Crippen molar-refractivity contribution in [3.8, 4) is 0 Å². The molecule has 1 saturated carbocycles. The van der Waals surface area contributed by atoms with Gasteiger partial charge in [0.05, 0.1) is 12.1 Å². The lowest BCUT2D eigenvalue weighted by Gasteiger charge is -2.28. The minimum absolute atomic E-state index is 0.0601. The number of rotatable bonds is 4. The van der Waals surface area contributed by atoms with E-state index in [1.165, 1.54) is 0 Å². The molecule has 0 bridgehead atoms. The lowest BCUT2D eigenvalue weighted by molar-refractivity contribution is -0.119. The Labute approximate surface area is 126 Å². The molecule has 1 aromatic rings. The van der Waals surface area contributed by atoms with Crippen LogP contribution in [0.15, 0.2) is 22.7 Å². The van der Waals surface area contributed by atoms with Crippen LogP contribution in [0.25, 0.3) is 0 Å². The predicted molar refractivity (Wildman–Crippen MR) is 81.0 cm³/mol. The van der Waals surface area contributed by atoms with E-state index in [1.807, 2.05) is 0 Å². The van der Waals surface area contributed by atoms with Crippen LogP contribution in [0.4, 0.5) is 5.69 Å². The van der Waals surface area contributed by atoms with Gasteiger partial charge < -0.3 is 16.4 Å². The molecule has 4 N–H and O–H groups in total. The fourth-order valence-electron chi connectivity index (χ4n) is 2.62. The molecule has 1 fully saturated rings. The first-order chi connectivity index (χ1) is 9.49. The maximum Gasteiger partial charge on any atom is 0.256 e. The molecule has 0 heterocycles. The van der Waals surface area contributed by atoms with E-state index in [2.05, 4.69) is 15.9 Å². The van der Waals surface area contributed by atoms with Gasteiger partial charge in [0.1, 0.15) is 0 Å². The summed E-state index contributed by atoms with van der Waals surface area (Å²) in [5.41, 5.74) is 12.0. The van der Waals surface area contributed by atoms with E-state index in [9.17, 15) is 9.59 Å². The highest BCUT2D eigenvalue weighted by Gasteiger charge is 2.29. The van der Waals surface area contributed by atoms with Crippen molar-refractivity contribution in [2.45, 2.75) is 31.7 Å². The fraction of sp³-hybridized carbons (Fsp3) is 0.429. The summed E-state index contributed by atoms with van der Waals surface area (Å²) >= 11 is 3.33. The Morgan fingerprint density at radius 1 is 1.30 bits per heavy atom. The van der Waals surface area contributed by atoms with Crippen molar-refractivity contribution in [2.75, 3.05) is 12.3 Å². The largest absolute Gasteiger partial charge is 0.398 e. The van der Waals surface area contributed by atoms with Gasteiger partial charge in [-0.2, -0.15) is 0 Å². The number of nitrogens with zero attached hydrogens (tertiary/aromatic N) is 1. The molecule has 0 spiro atoms. The molecule has 0 atom stereocenters. The van der Waals surface area contributed by atoms with Gasteiger partial charge in [-0.3, -0.25) is 9.59 Å². The summed E-state index contributed by atoms with van der Waals surface area (Å²) in [5.74, 6) is -0.728. The number of carbonyl (C=O) groups excluding carboxylic acids is 2. The van der Waals surface area contributed by atoms with Crippen LogP contribution in [0.3, 0.4) is 0 Å². The standard InChI is InChI=1S/C14H18BrN3O2/c15-9-5-6-12(16)11(7-9)14(20)18(8-13(17)19)10-3-1-2-4-10/h5-7,10H,1-4,8,16H2,(H2,17,19). The summed E-state index contributed by atoms with van der Waals surface area (Å²) in [7, 11) is 0. The van der Waals surface area contributed by atoms with Gasteiger partial charge in [0.2, 0.25) is 5.91 Å². The van der Waals surface area contributed by atoms with Crippen LogP contribution in [-0.4, -0.2) is 29.3 Å². The van der Waals surface area contributed by atoms with Gasteiger partial charge in [0.25, 0.3) is 5.91 Å². The van der Waals surface area contributed by atoms with E-state index in [-0.39, 0.29) is 18.5 Å². The lowest BCUT2D eigenvalue weighted by atomic mass is 10.1. The van der Waals surface area contributed by atoms with Gasteiger partial charge in [-0.1, -0.05) is 28.8 Å². The molecule has 0 saturated heterocycles. The second-order valence-corrected chi connectivity index (χ2v) is 5.98. The number of amides is 2. The molecule has 20 heavy (non-hydrogen) atoms. The molecule has 0 aromatic heterocycles. The Morgan fingerprint density at radius 3 is 2.55 bits per heavy atom. The van der Waals surface area contributed by atoms with Crippen LogP contribution in [0.5, 0.6) is 0 Å². The normalized spacial score (nSPS) is 15.2. The molecule has 5 nitrogen and oxygen atoms in total. The SMILES string of the molecule is NC(=O)CN(C(=O)c1cc(Br)ccc1N)C1CCCC1. The monoisotopic (exact) mass is 339 g/mol. The number of nitrogen functional groups attached to an aromatic ring is 1. The van der Waals surface area contributed by atoms with Crippen LogP contribution in [0.1, 0.15) is 36.0 Å². The maximum absolute atomic E-state index is 12.7. The first-order valence-corrected chi connectivity index (χ1v) is 7.42. The molecule has 2 amide bonds. The highest BCUT2D eigenvalue weighted by atomic mass is 79.9. The van der Waals surface area contributed by atoms with Crippen molar-refractivity contribution in [3.05, 3.63) is 28.2 Å². The van der Waals surface area contributed by atoms with Crippen molar-refractivity contribution in [3.63, 3.8) is 0 Å². The van der Waals surface area contributed by atoms with E-state index in [0.717, 1.165) is 30.2 Å². The van der Waals surface area contributed by atoms with Crippen LogP contribution in [0, 0.1) is 0 Å². The minimum Gasteiger partial charge on any atom is -0.398 e.